The summed E-state index contributed by atoms with van der Waals surface area (Å²) >= 11 is 0. The van der Waals surface area contributed by atoms with E-state index in [9.17, 15) is 23.5 Å². The molecular weight excluding hydrogens is 482 g/mol. The van der Waals surface area contributed by atoms with Crippen molar-refractivity contribution in [3.8, 4) is 17.0 Å². The molecule has 1 aromatic carbocycles. The fourth-order valence-electron chi connectivity index (χ4n) is 4.74. The number of imide groups is 1. The number of rotatable bonds is 8. The maximum atomic E-state index is 14.7. The van der Waals surface area contributed by atoms with Gasteiger partial charge in [-0.05, 0) is 76.4 Å². The molecule has 0 saturated carbocycles. The van der Waals surface area contributed by atoms with E-state index in [0.29, 0.717) is 36.1 Å². The average molecular weight is 517 g/mol. The third-order valence-corrected chi connectivity index (χ3v) is 6.70. The lowest BCUT2D eigenvalue weighted by atomic mass is 9.97. The van der Waals surface area contributed by atoms with E-state index in [1.165, 1.54) is 12.1 Å². The molecule has 2 amide bonds. The van der Waals surface area contributed by atoms with Crippen molar-refractivity contribution in [2.45, 2.75) is 50.9 Å². The number of carbonyl (C=O) groups is 2. The standard InChI is InChI=1S/C27H34F2N4O4/c1-27(2,29)16-33-9-7-17(8-10-33)15-37-20-4-6-23(31-14-20)18-3-5-21(22(28)11-18)25(35)32-26(36)24-12-19(34)13-30-24/h3-6,11,14,17,19,24,30,34H,7-10,12-13,15-16H2,1-2H3,(H,32,35,36)/t19-,24+/m1/s1. The highest BCUT2D eigenvalue weighted by Crippen LogP contribution is 2.24. The Hall–Kier alpha value is -2.95. The number of alkyl halides is 1. The van der Waals surface area contributed by atoms with Crippen molar-refractivity contribution in [1.29, 1.82) is 0 Å². The van der Waals surface area contributed by atoms with Crippen LogP contribution in [0.25, 0.3) is 11.3 Å². The van der Waals surface area contributed by atoms with Crippen LogP contribution in [0.5, 0.6) is 5.75 Å². The molecule has 10 heteroatoms. The summed E-state index contributed by atoms with van der Waals surface area (Å²) in [5.74, 6) is -1.21. The summed E-state index contributed by atoms with van der Waals surface area (Å²) in [7, 11) is 0. The number of aromatic nitrogens is 1. The zero-order valence-corrected chi connectivity index (χ0v) is 21.2. The fraction of sp³-hybridized carbons (Fsp3) is 0.519. The molecule has 3 N–H and O–H groups in total. The number of β-amino-alcohol motifs (C(OH)–C–C–N with tert-alkyl or cyclic N) is 1. The van der Waals surface area contributed by atoms with E-state index in [0.717, 1.165) is 25.9 Å². The van der Waals surface area contributed by atoms with E-state index in [2.05, 4.69) is 20.5 Å². The molecule has 0 unspecified atom stereocenters. The van der Waals surface area contributed by atoms with Crippen molar-refractivity contribution in [2.24, 2.45) is 5.92 Å². The number of nitrogens with one attached hydrogen (secondary N) is 2. The minimum Gasteiger partial charge on any atom is -0.492 e. The van der Waals surface area contributed by atoms with Gasteiger partial charge in [-0.25, -0.2) is 8.78 Å². The highest BCUT2D eigenvalue weighted by molar-refractivity contribution is 6.06. The molecule has 0 radical (unpaired) electrons. The van der Waals surface area contributed by atoms with Gasteiger partial charge in [0.2, 0.25) is 5.91 Å². The summed E-state index contributed by atoms with van der Waals surface area (Å²) in [5.41, 5.74) is -0.448. The molecule has 0 bridgehead atoms. The van der Waals surface area contributed by atoms with Gasteiger partial charge in [0.25, 0.3) is 5.91 Å². The Bertz CT molecular complexity index is 1100. The Morgan fingerprint density at radius 2 is 2.00 bits per heavy atom. The predicted molar refractivity (Wildman–Crippen MR) is 134 cm³/mol. The molecule has 0 spiro atoms. The topological polar surface area (TPSA) is 104 Å². The van der Waals surface area contributed by atoms with Crippen LogP contribution in [-0.4, -0.2) is 77.4 Å². The number of piperidine rings is 1. The lowest BCUT2D eigenvalue weighted by Crippen LogP contribution is -2.43. The Morgan fingerprint density at radius 1 is 1.24 bits per heavy atom. The van der Waals surface area contributed by atoms with Gasteiger partial charge >= 0.3 is 0 Å². The summed E-state index contributed by atoms with van der Waals surface area (Å²) < 4.78 is 34.4. The minimum absolute atomic E-state index is 0.199. The Kier molecular flexibility index (Phi) is 8.51. The van der Waals surface area contributed by atoms with Gasteiger partial charge in [0.1, 0.15) is 17.2 Å². The molecular formula is C27H34F2N4O4. The molecule has 37 heavy (non-hydrogen) atoms. The highest BCUT2D eigenvalue weighted by atomic mass is 19.1. The normalized spacial score (nSPS) is 21.1. The third-order valence-electron chi connectivity index (χ3n) is 6.70. The predicted octanol–water partition coefficient (Wildman–Crippen LogP) is 2.71. The van der Waals surface area contributed by atoms with Crippen LogP contribution in [0.4, 0.5) is 8.78 Å². The minimum atomic E-state index is -1.19. The van der Waals surface area contributed by atoms with E-state index in [1.54, 1.807) is 38.2 Å². The Balaban J connectivity index is 1.28. The number of amides is 2. The molecule has 0 aliphatic carbocycles. The first-order valence-corrected chi connectivity index (χ1v) is 12.6. The second kappa shape index (κ2) is 11.6. The number of halogens is 2. The number of carbonyl (C=O) groups excluding carboxylic acids is 2. The zero-order chi connectivity index (χ0) is 26.6. The zero-order valence-electron chi connectivity index (χ0n) is 21.2. The maximum absolute atomic E-state index is 14.7. The quantitative estimate of drug-likeness (QED) is 0.464. The van der Waals surface area contributed by atoms with Crippen LogP contribution in [0.1, 0.15) is 43.5 Å². The second-order valence-electron chi connectivity index (χ2n) is 10.5. The summed E-state index contributed by atoms with van der Waals surface area (Å²) in [6.45, 7) is 6.18. The first kappa shape index (κ1) is 27.1. The average Bonchev–Trinajstić information content (AvgIpc) is 3.29. The Morgan fingerprint density at radius 3 is 2.59 bits per heavy atom. The molecule has 2 saturated heterocycles. The van der Waals surface area contributed by atoms with Gasteiger partial charge in [-0.15, -0.1) is 0 Å². The Labute approximate surface area is 215 Å². The van der Waals surface area contributed by atoms with Crippen LogP contribution < -0.4 is 15.4 Å². The van der Waals surface area contributed by atoms with E-state index < -0.39 is 35.4 Å². The second-order valence-corrected chi connectivity index (χ2v) is 10.5. The van der Waals surface area contributed by atoms with E-state index in [4.69, 9.17) is 4.74 Å². The molecule has 1 aromatic heterocycles. The smallest absolute Gasteiger partial charge is 0.260 e. The summed E-state index contributed by atoms with van der Waals surface area (Å²) in [6.07, 6.45) is 3.03. The molecule has 3 heterocycles. The molecule has 2 aliphatic heterocycles. The van der Waals surface area contributed by atoms with Crippen molar-refractivity contribution in [3.63, 3.8) is 0 Å². The number of benzene rings is 1. The van der Waals surface area contributed by atoms with Crippen LogP contribution in [0.15, 0.2) is 36.5 Å². The van der Waals surface area contributed by atoms with Gasteiger partial charge in [0.15, 0.2) is 0 Å². The maximum Gasteiger partial charge on any atom is 0.260 e. The van der Waals surface area contributed by atoms with Crippen molar-refractivity contribution in [3.05, 3.63) is 47.9 Å². The monoisotopic (exact) mass is 516 g/mol. The van der Waals surface area contributed by atoms with E-state index >= 15 is 0 Å². The number of hydrogen-bond donors (Lipinski definition) is 3. The van der Waals surface area contributed by atoms with Crippen LogP contribution in [-0.2, 0) is 4.79 Å². The van der Waals surface area contributed by atoms with E-state index in [-0.39, 0.29) is 18.5 Å². The number of hydrogen-bond acceptors (Lipinski definition) is 7. The molecule has 2 aromatic rings. The molecule has 2 atom stereocenters. The number of aliphatic hydroxyl groups excluding tert-OH is 1. The molecule has 200 valence electrons. The van der Waals surface area contributed by atoms with Crippen LogP contribution in [0.3, 0.4) is 0 Å². The fourth-order valence-corrected chi connectivity index (χ4v) is 4.74. The van der Waals surface area contributed by atoms with Crippen molar-refractivity contribution in [1.82, 2.24) is 20.5 Å². The number of nitrogens with zero attached hydrogens (tertiary/aromatic N) is 2. The van der Waals surface area contributed by atoms with E-state index in [1.807, 2.05) is 0 Å². The van der Waals surface area contributed by atoms with Crippen molar-refractivity contribution < 1.29 is 28.2 Å². The lowest BCUT2D eigenvalue weighted by molar-refractivity contribution is -0.121. The number of likely N-dealkylation sites (tertiary alicyclic amines) is 1. The van der Waals surface area contributed by atoms with Crippen LogP contribution in [0.2, 0.25) is 0 Å². The van der Waals surface area contributed by atoms with Gasteiger partial charge in [-0.2, -0.15) is 0 Å². The highest BCUT2D eigenvalue weighted by Gasteiger charge is 2.30. The van der Waals surface area contributed by atoms with Crippen molar-refractivity contribution in [2.75, 3.05) is 32.8 Å². The van der Waals surface area contributed by atoms with Gasteiger partial charge in [-0.3, -0.25) is 19.9 Å². The molecule has 2 fully saturated rings. The number of ether oxygens (including phenoxy) is 1. The number of aliphatic hydroxyl groups is 1. The SMILES string of the molecule is CC(C)(F)CN1CCC(COc2ccc(-c3ccc(C(=O)NC(=O)[C@@H]4C[C@@H](O)CN4)c(F)c3)nc2)CC1. The first-order valence-electron chi connectivity index (χ1n) is 12.6. The van der Waals surface area contributed by atoms with Gasteiger partial charge in [0.05, 0.1) is 36.2 Å². The molecule has 2 aliphatic rings. The third kappa shape index (κ3) is 7.53. The molecule has 4 rings (SSSR count). The van der Waals surface area contributed by atoms with Crippen molar-refractivity contribution >= 4 is 11.8 Å². The van der Waals surface area contributed by atoms with Gasteiger partial charge < -0.3 is 20.1 Å². The number of pyridine rings is 1. The summed E-state index contributed by atoms with van der Waals surface area (Å²) in [6, 6.07) is 6.88. The van der Waals surface area contributed by atoms with Gasteiger partial charge in [-0.1, -0.05) is 6.07 Å². The largest absolute Gasteiger partial charge is 0.492 e. The first-order chi connectivity index (χ1) is 17.6. The van der Waals surface area contributed by atoms with Gasteiger partial charge in [0, 0.05) is 18.7 Å². The lowest BCUT2D eigenvalue weighted by Gasteiger charge is -2.34. The summed E-state index contributed by atoms with van der Waals surface area (Å²) in [4.78, 5) is 31.0. The van der Waals surface area contributed by atoms with Crippen LogP contribution >= 0.6 is 0 Å². The molecule has 8 nitrogen and oxygen atoms in total. The van der Waals surface area contributed by atoms with Crippen LogP contribution in [0, 0.1) is 11.7 Å². The summed E-state index contributed by atoms with van der Waals surface area (Å²) in [5, 5.41) is 14.5.